The van der Waals surface area contributed by atoms with E-state index in [9.17, 15) is 9.90 Å². The maximum atomic E-state index is 13.4. The summed E-state index contributed by atoms with van der Waals surface area (Å²) in [5.74, 6) is 2.97. The summed E-state index contributed by atoms with van der Waals surface area (Å²) >= 11 is 0. The first kappa shape index (κ1) is 22.4. The summed E-state index contributed by atoms with van der Waals surface area (Å²) in [5.41, 5.74) is 6.18. The lowest BCUT2D eigenvalue weighted by molar-refractivity contribution is -0.175. The number of anilines is 1. The summed E-state index contributed by atoms with van der Waals surface area (Å²) in [5, 5.41) is 15.1. The highest BCUT2D eigenvalue weighted by Gasteiger charge is 2.63. The minimum Gasteiger partial charge on any atom is -0.396 e. The Morgan fingerprint density at radius 2 is 2.00 bits per heavy atom. The molecule has 5 rings (SSSR count). The third-order valence-electron chi connectivity index (χ3n) is 10.4. The number of hydrogen-bond donors (Lipinski definition) is 2. The molecule has 0 amide bonds. The normalized spacial score (nSPS) is 45.7. The topological polar surface area (TPSA) is 90.4 Å². The van der Waals surface area contributed by atoms with Gasteiger partial charge in [0.15, 0.2) is 5.78 Å². The fourth-order valence-corrected chi connectivity index (χ4v) is 9.05. The Morgan fingerprint density at radius 1 is 1.19 bits per heavy atom. The highest BCUT2D eigenvalue weighted by Crippen LogP contribution is 2.68. The van der Waals surface area contributed by atoms with Crippen molar-refractivity contribution < 1.29 is 14.6 Å². The van der Waals surface area contributed by atoms with E-state index >= 15 is 0 Å². The van der Waals surface area contributed by atoms with E-state index in [1.807, 2.05) is 14.0 Å². The van der Waals surface area contributed by atoms with Crippen molar-refractivity contribution in [2.24, 2.45) is 40.4 Å². The lowest BCUT2D eigenvalue weighted by Crippen LogP contribution is -2.58. The van der Waals surface area contributed by atoms with Gasteiger partial charge in [0.25, 0.3) is 0 Å². The molecule has 4 saturated carbocycles. The molecule has 0 unspecified atom stereocenters. The van der Waals surface area contributed by atoms with Crippen LogP contribution in [-0.2, 0) is 16.1 Å². The van der Waals surface area contributed by atoms with E-state index in [-0.39, 0.29) is 16.7 Å². The number of aliphatic hydroxyl groups is 1. The molecule has 1 aromatic rings. The Balaban J connectivity index is 1.37. The van der Waals surface area contributed by atoms with E-state index in [0.29, 0.717) is 41.7 Å². The minimum atomic E-state index is -0.529. The van der Waals surface area contributed by atoms with Gasteiger partial charge in [0.1, 0.15) is 0 Å². The molecule has 6 heteroatoms. The molecule has 0 aliphatic heterocycles. The zero-order valence-corrected chi connectivity index (χ0v) is 20.1. The fraction of sp³-hybridized carbons (Fsp3) is 0.846. The van der Waals surface area contributed by atoms with Gasteiger partial charge in [-0.2, -0.15) is 5.10 Å². The largest absolute Gasteiger partial charge is 0.396 e. The minimum absolute atomic E-state index is 0.0954. The van der Waals surface area contributed by atoms with Crippen LogP contribution in [0.25, 0.3) is 0 Å². The molecule has 4 fully saturated rings. The molecule has 8 atom stereocenters. The second-order valence-electron chi connectivity index (χ2n) is 12.1. The number of Topliss-reactive ketones (excluding diaryl/α,β-unsaturated/α-hetero) is 1. The van der Waals surface area contributed by atoms with Crippen LogP contribution in [-0.4, -0.2) is 40.0 Å². The third kappa shape index (κ3) is 3.44. The van der Waals surface area contributed by atoms with Crippen LogP contribution in [0.3, 0.4) is 0 Å². The third-order valence-corrected chi connectivity index (χ3v) is 10.4. The number of carbonyl (C=O) groups is 1. The number of aromatic nitrogens is 2. The lowest BCUT2D eigenvalue weighted by atomic mass is 9.43. The van der Waals surface area contributed by atoms with Gasteiger partial charge in [0, 0.05) is 19.2 Å². The van der Waals surface area contributed by atoms with Crippen LogP contribution in [0.2, 0.25) is 0 Å². The summed E-state index contributed by atoms with van der Waals surface area (Å²) in [6.45, 7) is 5.58. The van der Waals surface area contributed by atoms with Crippen molar-refractivity contribution in [1.82, 2.24) is 9.78 Å². The molecule has 4 aliphatic rings. The number of fused-ring (bicyclic) bond motifs is 5. The van der Waals surface area contributed by atoms with Crippen molar-refractivity contribution >= 4 is 11.5 Å². The number of rotatable bonds is 5. The van der Waals surface area contributed by atoms with Crippen LogP contribution < -0.4 is 5.73 Å². The van der Waals surface area contributed by atoms with Crippen LogP contribution in [0, 0.1) is 40.4 Å². The molecule has 1 aromatic heterocycles. The van der Waals surface area contributed by atoms with E-state index in [1.165, 1.54) is 25.7 Å². The molecule has 178 valence electrons. The Labute approximate surface area is 192 Å². The molecule has 0 aromatic carbocycles. The van der Waals surface area contributed by atoms with Crippen molar-refractivity contribution in [1.29, 1.82) is 0 Å². The van der Waals surface area contributed by atoms with Gasteiger partial charge in [0.2, 0.25) is 0 Å². The zero-order chi connectivity index (χ0) is 22.7. The molecule has 3 N–H and O–H groups in total. The standard InChI is InChI=1S/C26H41N3O3/c1-24(31)10-11-26(16-32-3)17(12-24)4-5-19-20-6-7-22(25(20,2)9-8-21(19)26)23(30)15-29-14-18(27)13-28-29/h13-14,17,19-22,31H,4-12,15-16,27H2,1-3H3/t17-,19-,20-,21-,22+,24+,25-,26+/m0/s1. The van der Waals surface area contributed by atoms with E-state index in [2.05, 4.69) is 12.0 Å². The van der Waals surface area contributed by atoms with Crippen LogP contribution >= 0.6 is 0 Å². The van der Waals surface area contributed by atoms with Crippen LogP contribution in [0.4, 0.5) is 5.69 Å². The van der Waals surface area contributed by atoms with Gasteiger partial charge >= 0.3 is 0 Å². The maximum Gasteiger partial charge on any atom is 0.157 e. The molecule has 32 heavy (non-hydrogen) atoms. The first-order valence-corrected chi connectivity index (χ1v) is 12.7. The smallest absolute Gasteiger partial charge is 0.157 e. The number of nitrogens with zero attached hydrogens (tertiary/aromatic N) is 2. The maximum absolute atomic E-state index is 13.4. The number of nitrogen functional groups attached to an aromatic ring is 1. The molecule has 4 aliphatic carbocycles. The number of nitrogens with two attached hydrogens (primary N) is 1. The highest BCUT2D eigenvalue weighted by atomic mass is 16.5. The van der Waals surface area contributed by atoms with E-state index in [1.54, 1.807) is 17.1 Å². The van der Waals surface area contributed by atoms with Gasteiger partial charge < -0.3 is 15.6 Å². The van der Waals surface area contributed by atoms with Gasteiger partial charge in [-0.05, 0) is 99.2 Å². The van der Waals surface area contributed by atoms with Gasteiger partial charge in [-0.1, -0.05) is 6.92 Å². The molecule has 1 heterocycles. The number of ether oxygens (including phenoxy) is 1. The monoisotopic (exact) mass is 443 g/mol. The average molecular weight is 444 g/mol. The Morgan fingerprint density at radius 3 is 2.72 bits per heavy atom. The average Bonchev–Trinajstić information content (AvgIpc) is 3.30. The van der Waals surface area contributed by atoms with Crippen LogP contribution in [0.5, 0.6) is 0 Å². The first-order chi connectivity index (χ1) is 15.2. The number of carbonyl (C=O) groups excluding carboxylic acids is 1. The molecule has 0 spiro atoms. The zero-order valence-electron chi connectivity index (χ0n) is 20.1. The van der Waals surface area contributed by atoms with Crippen LogP contribution in [0.1, 0.15) is 71.6 Å². The van der Waals surface area contributed by atoms with Gasteiger partial charge in [0.05, 0.1) is 30.6 Å². The van der Waals surface area contributed by atoms with Gasteiger partial charge in [-0.15, -0.1) is 0 Å². The number of methoxy groups -OCH3 is 1. The summed E-state index contributed by atoms with van der Waals surface area (Å²) in [6.07, 6.45) is 13.2. The van der Waals surface area contributed by atoms with Crippen molar-refractivity contribution in [2.75, 3.05) is 19.5 Å². The first-order valence-electron chi connectivity index (χ1n) is 12.7. The fourth-order valence-electron chi connectivity index (χ4n) is 9.05. The molecule has 6 nitrogen and oxygen atoms in total. The number of hydrogen-bond acceptors (Lipinski definition) is 5. The second kappa shape index (κ2) is 7.83. The van der Waals surface area contributed by atoms with Crippen molar-refractivity contribution in [3.05, 3.63) is 12.4 Å². The van der Waals surface area contributed by atoms with Gasteiger partial charge in [-0.3, -0.25) is 9.48 Å². The predicted molar refractivity (Wildman–Crippen MR) is 124 cm³/mol. The Hall–Kier alpha value is -1.40. The van der Waals surface area contributed by atoms with E-state index in [4.69, 9.17) is 10.5 Å². The summed E-state index contributed by atoms with van der Waals surface area (Å²) in [6, 6.07) is 0. The highest BCUT2D eigenvalue weighted by molar-refractivity contribution is 5.82. The molecular weight excluding hydrogens is 402 g/mol. The molecule has 0 bridgehead atoms. The summed E-state index contributed by atoms with van der Waals surface area (Å²) in [4.78, 5) is 13.4. The molecular formula is C26H41N3O3. The van der Waals surface area contributed by atoms with E-state index in [0.717, 1.165) is 38.7 Å². The summed E-state index contributed by atoms with van der Waals surface area (Å²) in [7, 11) is 1.85. The van der Waals surface area contributed by atoms with Gasteiger partial charge in [-0.25, -0.2) is 0 Å². The predicted octanol–water partition coefficient (Wildman–Crippen LogP) is 4.07. The van der Waals surface area contributed by atoms with Crippen molar-refractivity contribution in [3.63, 3.8) is 0 Å². The van der Waals surface area contributed by atoms with Crippen LogP contribution in [0.15, 0.2) is 12.4 Å². The molecule has 0 radical (unpaired) electrons. The second-order valence-corrected chi connectivity index (χ2v) is 12.1. The Kier molecular flexibility index (Phi) is 5.48. The summed E-state index contributed by atoms with van der Waals surface area (Å²) < 4.78 is 7.57. The van der Waals surface area contributed by atoms with E-state index < -0.39 is 5.60 Å². The lowest BCUT2D eigenvalue weighted by Gasteiger charge is -2.62. The van der Waals surface area contributed by atoms with Crippen molar-refractivity contribution in [3.8, 4) is 0 Å². The number of ketones is 1. The SMILES string of the molecule is COC[C@]12CC[C@@](C)(O)C[C@@H]1CC[C@H]1[C@@H]3CC[C@H](C(=O)Cn4cc(N)cn4)[C@@]3(C)CC[C@@H]12. The quantitative estimate of drug-likeness (QED) is 0.716. The molecule has 0 saturated heterocycles. The van der Waals surface area contributed by atoms with Crippen molar-refractivity contribution in [2.45, 2.75) is 83.8 Å². The Bertz CT molecular complexity index is 866.